The van der Waals surface area contributed by atoms with Crippen LogP contribution in [-0.4, -0.2) is 30.2 Å². The van der Waals surface area contributed by atoms with E-state index in [9.17, 15) is 14.4 Å². The maximum absolute atomic E-state index is 12.7. The van der Waals surface area contributed by atoms with Crippen LogP contribution >= 0.6 is 11.6 Å². The molecule has 7 heteroatoms. The van der Waals surface area contributed by atoms with Crippen LogP contribution in [0.5, 0.6) is 5.75 Å². The second-order valence-electron chi connectivity index (χ2n) is 7.05. The van der Waals surface area contributed by atoms with Crippen LogP contribution in [0.1, 0.15) is 42.6 Å². The summed E-state index contributed by atoms with van der Waals surface area (Å²) in [4.78, 5) is 38.9. The van der Waals surface area contributed by atoms with Gasteiger partial charge in [0.15, 0.2) is 11.9 Å². The van der Waals surface area contributed by atoms with Gasteiger partial charge in [0.2, 0.25) is 5.91 Å². The molecule has 0 saturated heterocycles. The summed E-state index contributed by atoms with van der Waals surface area (Å²) in [6.07, 6.45) is 0.424. The van der Waals surface area contributed by atoms with Gasteiger partial charge in [-0.15, -0.1) is 0 Å². The van der Waals surface area contributed by atoms with E-state index in [2.05, 4.69) is 5.32 Å². The zero-order chi connectivity index (χ0) is 21.1. The van der Waals surface area contributed by atoms with Crippen molar-refractivity contribution in [1.29, 1.82) is 0 Å². The first-order chi connectivity index (χ1) is 13.8. The van der Waals surface area contributed by atoms with Gasteiger partial charge in [-0.2, -0.15) is 0 Å². The summed E-state index contributed by atoms with van der Waals surface area (Å²) in [6.45, 7) is 5.23. The van der Waals surface area contributed by atoms with E-state index in [4.69, 9.17) is 16.3 Å². The van der Waals surface area contributed by atoms with Crippen molar-refractivity contribution in [3.8, 4) is 5.75 Å². The van der Waals surface area contributed by atoms with Crippen molar-refractivity contribution in [3.63, 3.8) is 0 Å². The van der Waals surface area contributed by atoms with E-state index in [1.807, 2.05) is 13.8 Å². The number of ketones is 1. The minimum atomic E-state index is -0.721. The summed E-state index contributed by atoms with van der Waals surface area (Å²) < 4.78 is 5.65. The first kappa shape index (κ1) is 20.9. The average molecular weight is 415 g/mol. The average Bonchev–Trinajstić information content (AvgIpc) is 2.68. The number of amides is 2. The summed E-state index contributed by atoms with van der Waals surface area (Å²) in [5, 5.41) is 3.30. The third-order valence-corrected chi connectivity index (χ3v) is 5.13. The van der Waals surface area contributed by atoms with E-state index in [1.165, 1.54) is 4.90 Å². The number of aryl methyl sites for hydroxylation is 1. The van der Waals surface area contributed by atoms with Gasteiger partial charge in [0.25, 0.3) is 5.91 Å². The van der Waals surface area contributed by atoms with E-state index < -0.39 is 6.10 Å². The first-order valence-corrected chi connectivity index (χ1v) is 9.89. The van der Waals surface area contributed by atoms with Crippen molar-refractivity contribution in [1.82, 2.24) is 0 Å². The fourth-order valence-corrected chi connectivity index (χ4v) is 3.31. The summed E-state index contributed by atoms with van der Waals surface area (Å²) in [5.74, 6) is -0.255. The number of rotatable bonds is 6. The standard InChI is InChI=1S/C22H23ClN2O4/c1-4-5-19(26)15-7-9-20-18(10-15)25(22(28)14(3)29-20)12-21(27)24-16-8-6-13(2)17(23)11-16/h6-11,14H,4-5,12H2,1-3H3,(H,24,27). The number of nitrogens with zero attached hydrogens (tertiary/aromatic N) is 1. The van der Waals surface area contributed by atoms with Crippen LogP contribution < -0.4 is 15.0 Å². The minimum absolute atomic E-state index is 0.0138. The maximum Gasteiger partial charge on any atom is 0.268 e. The second kappa shape index (κ2) is 8.66. The van der Waals surface area contributed by atoms with Gasteiger partial charge in [-0.3, -0.25) is 19.3 Å². The second-order valence-corrected chi connectivity index (χ2v) is 7.46. The van der Waals surface area contributed by atoms with Crippen LogP contribution in [0.25, 0.3) is 0 Å². The lowest BCUT2D eigenvalue weighted by Gasteiger charge is -2.32. The maximum atomic E-state index is 12.7. The molecule has 29 heavy (non-hydrogen) atoms. The van der Waals surface area contributed by atoms with E-state index >= 15 is 0 Å². The van der Waals surface area contributed by atoms with Crippen molar-refractivity contribution >= 4 is 40.6 Å². The van der Waals surface area contributed by atoms with Crippen LogP contribution in [0.3, 0.4) is 0 Å². The highest BCUT2D eigenvalue weighted by Gasteiger charge is 2.33. The molecule has 0 saturated carbocycles. The van der Waals surface area contributed by atoms with Gasteiger partial charge in [0.05, 0.1) is 5.69 Å². The topological polar surface area (TPSA) is 75.7 Å². The number of hydrogen-bond donors (Lipinski definition) is 1. The highest BCUT2D eigenvalue weighted by molar-refractivity contribution is 6.31. The molecule has 2 amide bonds. The van der Waals surface area contributed by atoms with Gasteiger partial charge in [-0.05, 0) is 56.2 Å². The normalized spacial score (nSPS) is 15.5. The van der Waals surface area contributed by atoms with Crippen LogP contribution in [0.4, 0.5) is 11.4 Å². The monoisotopic (exact) mass is 414 g/mol. The molecule has 1 atom stereocenters. The number of hydrogen-bond acceptors (Lipinski definition) is 4. The number of benzene rings is 2. The predicted octanol–water partition coefficient (Wildman–Crippen LogP) is 4.38. The van der Waals surface area contributed by atoms with Crippen molar-refractivity contribution in [3.05, 3.63) is 52.5 Å². The molecule has 3 rings (SSSR count). The molecule has 0 aliphatic carbocycles. The molecule has 152 valence electrons. The Hall–Kier alpha value is -2.86. The zero-order valence-electron chi connectivity index (χ0n) is 16.6. The number of carbonyl (C=O) groups excluding carboxylic acids is 3. The van der Waals surface area contributed by atoms with Gasteiger partial charge in [0, 0.05) is 22.7 Å². The number of halogens is 1. The third kappa shape index (κ3) is 4.59. The summed E-state index contributed by atoms with van der Waals surface area (Å²) >= 11 is 6.11. The molecule has 1 aliphatic rings. The Morgan fingerprint density at radius 1 is 1.21 bits per heavy atom. The molecular weight excluding hydrogens is 392 g/mol. The Balaban J connectivity index is 1.85. The molecule has 1 heterocycles. The number of nitrogens with one attached hydrogen (secondary N) is 1. The molecule has 0 fully saturated rings. The molecular formula is C22H23ClN2O4. The third-order valence-electron chi connectivity index (χ3n) is 4.72. The smallest absolute Gasteiger partial charge is 0.268 e. The van der Waals surface area contributed by atoms with Crippen molar-refractivity contribution in [2.75, 3.05) is 16.8 Å². The quantitative estimate of drug-likeness (QED) is 0.711. The fraction of sp³-hybridized carbons (Fsp3) is 0.318. The first-order valence-electron chi connectivity index (χ1n) is 9.51. The molecule has 2 aromatic rings. The molecule has 1 N–H and O–H groups in total. The van der Waals surface area contributed by atoms with Gasteiger partial charge in [0.1, 0.15) is 12.3 Å². The lowest BCUT2D eigenvalue weighted by Crippen LogP contribution is -2.47. The van der Waals surface area contributed by atoms with Crippen LogP contribution in [-0.2, 0) is 9.59 Å². The molecule has 0 bridgehead atoms. The molecule has 0 spiro atoms. The molecule has 0 radical (unpaired) electrons. The highest BCUT2D eigenvalue weighted by atomic mass is 35.5. The number of anilines is 2. The van der Waals surface area contributed by atoms with E-state index in [0.717, 1.165) is 12.0 Å². The van der Waals surface area contributed by atoms with Crippen molar-refractivity contribution < 1.29 is 19.1 Å². The van der Waals surface area contributed by atoms with Crippen molar-refractivity contribution in [2.24, 2.45) is 0 Å². The molecule has 2 aromatic carbocycles. The summed E-state index contributed by atoms with van der Waals surface area (Å²) in [6, 6.07) is 10.2. The number of Topliss-reactive ketones (excluding diaryl/α,β-unsaturated/α-hetero) is 1. The predicted molar refractivity (Wildman–Crippen MR) is 113 cm³/mol. The van der Waals surface area contributed by atoms with Crippen LogP contribution in [0, 0.1) is 6.92 Å². The Labute approximate surface area is 174 Å². The van der Waals surface area contributed by atoms with E-state index in [-0.39, 0.29) is 24.1 Å². The van der Waals surface area contributed by atoms with E-state index in [0.29, 0.717) is 34.1 Å². The number of carbonyl (C=O) groups is 3. The Morgan fingerprint density at radius 3 is 2.66 bits per heavy atom. The molecule has 0 aromatic heterocycles. The van der Waals surface area contributed by atoms with Gasteiger partial charge >= 0.3 is 0 Å². The van der Waals surface area contributed by atoms with Crippen molar-refractivity contribution in [2.45, 2.75) is 39.7 Å². The molecule has 6 nitrogen and oxygen atoms in total. The fourth-order valence-electron chi connectivity index (χ4n) is 3.13. The number of ether oxygens (including phenoxy) is 1. The van der Waals surface area contributed by atoms with Gasteiger partial charge in [-0.1, -0.05) is 24.6 Å². The van der Waals surface area contributed by atoms with Crippen LogP contribution in [0.15, 0.2) is 36.4 Å². The lowest BCUT2D eigenvalue weighted by molar-refractivity contribution is -0.127. The summed E-state index contributed by atoms with van der Waals surface area (Å²) in [7, 11) is 0. The Bertz CT molecular complexity index is 973. The minimum Gasteiger partial charge on any atom is -0.479 e. The van der Waals surface area contributed by atoms with Crippen LogP contribution in [0.2, 0.25) is 5.02 Å². The van der Waals surface area contributed by atoms with Gasteiger partial charge < -0.3 is 10.1 Å². The summed E-state index contributed by atoms with van der Waals surface area (Å²) in [5.41, 5.74) is 2.37. The molecule has 1 unspecified atom stereocenters. The SMILES string of the molecule is CCCC(=O)c1ccc2c(c1)N(CC(=O)Nc1ccc(C)c(Cl)c1)C(=O)C(C)O2. The lowest BCUT2D eigenvalue weighted by atomic mass is 10.0. The van der Waals surface area contributed by atoms with Gasteiger partial charge in [-0.25, -0.2) is 0 Å². The zero-order valence-corrected chi connectivity index (χ0v) is 17.4. The highest BCUT2D eigenvalue weighted by Crippen LogP contribution is 2.35. The molecule has 1 aliphatic heterocycles. The Kier molecular flexibility index (Phi) is 6.23. The largest absolute Gasteiger partial charge is 0.479 e. The van der Waals surface area contributed by atoms with E-state index in [1.54, 1.807) is 43.3 Å². The number of fused-ring (bicyclic) bond motifs is 1. The Morgan fingerprint density at radius 2 is 1.97 bits per heavy atom.